The zero-order valence-electron chi connectivity index (χ0n) is 15.8. The van der Waals surface area contributed by atoms with Gasteiger partial charge in [-0.05, 0) is 50.0 Å². The van der Waals surface area contributed by atoms with Crippen LogP contribution in [0, 0.1) is 0 Å². The van der Waals surface area contributed by atoms with E-state index in [9.17, 15) is 13.2 Å². The van der Waals surface area contributed by atoms with Gasteiger partial charge in [-0.2, -0.15) is 4.31 Å². The molecule has 29 heavy (non-hydrogen) atoms. The van der Waals surface area contributed by atoms with E-state index >= 15 is 0 Å². The molecule has 0 spiro atoms. The van der Waals surface area contributed by atoms with Crippen molar-refractivity contribution in [2.24, 2.45) is 0 Å². The van der Waals surface area contributed by atoms with Crippen LogP contribution in [0.4, 0.5) is 5.69 Å². The molecule has 1 fully saturated rings. The zero-order chi connectivity index (χ0) is 20.0. The molecule has 0 bridgehead atoms. The van der Waals surface area contributed by atoms with Gasteiger partial charge in [-0.1, -0.05) is 0 Å². The number of hydrogen-bond donors (Lipinski definition) is 1. The van der Waals surface area contributed by atoms with Crippen LogP contribution >= 0.6 is 11.3 Å². The van der Waals surface area contributed by atoms with Crippen molar-refractivity contribution in [2.45, 2.75) is 30.6 Å². The van der Waals surface area contributed by atoms with Crippen molar-refractivity contribution in [2.75, 3.05) is 31.6 Å². The number of aromatic nitrogens is 1. The number of nitrogens with zero attached hydrogens (tertiary/aromatic N) is 2. The lowest BCUT2D eigenvalue weighted by molar-refractivity contribution is -0.110. The summed E-state index contributed by atoms with van der Waals surface area (Å²) in [6.45, 7) is 1.46. The molecule has 1 saturated heterocycles. The highest BCUT2D eigenvalue weighted by Crippen LogP contribution is 2.37. The molecule has 0 saturated carbocycles. The first kappa shape index (κ1) is 18.9. The summed E-state index contributed by atoms with van der Waals surface area (Å²) < 4.78 is 32.7. The van der Waals surface area contributed by atoms with E-state index in [1.165, 1.54) is 15.6 Å². The average Bonchev–Trinajstić information content (AvgIpc) is 3.28. The number of hydrogen-bond acceptors (Lipinski definition) is 6. The second kappa shape index (κ2) is 7.32. The number of morpholine rings is 1. The predicted molar refractivity (Wildman–Crippen MR) is 111 cm³/mol. The molecule has 9 heteroatoms. The van der Waals surface area contributed by atoms with Crippen molar-refractivity contribution in [3.8, 4) is 0 Å². The average molecular weight is 432 g/mol. The molecule has 7 nitrogen and oxygen atoms in total. The van der Waals surface area contributed by atoms with Crippen LogP contribution in [0.3, 0.4) is 0 Å². The molecule has 3 aliphatic rings. The van der Waals surface area contributed by atoms with Gasteiger partial charge in [-0.25, -0.2) is 13.4 Å². The molecule has 0 unspecified atom stereocenters. The van der Waals surface area contributed by atoms with Gasteiger partial charge in [0.05, 0.1) is 29.4 Å². The number of benzene rings is 1. The van der Waals surface area contributed by atoms with Gasteiger partial charge in [0.25, 0.3) is 5.91 Å². The number of sulfonamides is 1. The van der Waals surface area contributed by atoms with E-state index in [-0.39, 0.29) is 10.8 Å². The van der Waals surface area contributed by atoms with Gasteiger partial charge in [-0.3, -0.25) is 4.79 Å². The molecule has 152 valence electrons. The molecule has 2 aromatic rings. The zero-order valence-corrected chi connectivity index (χ0v) is 17.4. The van der Waals surface area contributed by atoms with E-state index < -0.39 is 10.0 Å². The van der Waals surface area contributed by atoms with E-state index in [4.69, 9.17) is 4.74 Å². The van der Waals surface area contributed by atoms with Gasteiger partial charge in [0.15, 0.2) is 0 Å². The van der Waals surface area contributed by atoms with Crippen LogP contribution in [0.1, 0.15) is 34.0 Å². The summed E-state index contributed by atoms with van der Waals surface area (Å²) in [6, 6.07) is 4.81. The number of carbonyl (C=O) groups excluding carboxylic acids is 1. The van der Waals surface area contributed by atoms with E-state index in [0.717, 1.165) is 30.0 Å². The lowest BCUT2D eigenvalue weighted by Crippen LogP contribution is -2.40. The third-order valence-electron chi connectivity index (χ3n) is 5.51. The Morgan fingerprint density at radius 3 is 2.76 bits per heavy atom. The van der Waals surface area contributed by atoms with Gasteiger partial charge in [0.1, 0.15) is 5.01 Å². The number of nitrogens with one attached hydrogen (secondary N) is 1. The van der Waals surface area contributed by atoms with Crippen LogP contribution in [-0.2, 0) is 32.4 Å². The second-order valence-corrected chi connectivity index (χ2v) is 10.4. The molecule has 1 amide bonds. The Morgan fingerprint density at radius 2 is 1.97 bits per heavy atom. The summed E-state index contributed by atoms with van der Waals surface area (Å²) in [5, 5.41) is 3.63. The Hall–Kier alpha value is -2.07. The number of aryl methyl sites for hydroxylation is 2. The third-order valence-corrected chi connectivity index (χ3v) is 8.51. The van der Waals surface area contributed by atoms with Gasteiger partial charge in [-0.15, -0.1) is 11.3 Å². The lowest BCUT2D eigenvalue weighted by Gasteiger charge is -2.26. The number of rotatable bonds is 3. The van der Waals surface area contributed by atoms with E-state index in [0.29, 0.717) is 43.1 Å². The SMILES string of the molecule is O=C1Nc2ccc(S(=O)(=O)N3CCOCC3)cc2C1=Cc1nc2c(s1)CCCC2. The van der Waals surface area contributed by atoms with Crippen LogP contribution in [0.25, 0.3) is 11.6 Å². The summed E-state index contributed by atoms with van der Waals surface area (Å²) in [5.41, 5.74) is 2.83. The first-order chi connectivity index (χ1) is 14.0. The maximum absolute atomic E-state index is 13.0. The molecule has 0 atom stereocenters. The molecular formula is C20H21N3O4S2. The number of amides is 1. The highest BCUT2D eigenvalue weighted by atomic mass is 32.2. The van der Waals surface area contributed by atoms with Crippen molar-refractivity contribution < 1.29 is 17.9 Å². The fraction of sp³-hybridized carbons (Fsp3) is 0.400. The van der Waals surface area contributed by atoms with Gasteiger partial charge >= 0.3 is 0 Å². The maximum Gasteiger partial charge on any atom is 0.256 e. The molecular weight excluding hydrogens is 410 g/mol. The summed E-state index contributed by atoms with van der Waals surface area (Å²) in [4.78, 5) is 18.7. The van der Waals surface area contributed by atoms with Crippen molar-refractivity contribution in [1.29, 1.82) is 0 Å². The molecule has 1 aromatic carbocycles. The molecule has 1 aromatic heterocycles. The Morgan fingerprint density at radius 1 is 1.17 bits per heavy atom. The number of anilines is 1. The van der Waals surface area contributed by atoms with Crippen molar-refractivity contribution in [3.05, 3.63) is 39.3 Å². The molecule has 1 N–H and O–H groups in total. The highest BCUT2D eigenvalue weighted by molar-refractivity contribution is 7.89. The molecule has 3 heterocycles. The number of ether oxygens (including phenoxy) is 1. The monoisotopic (exact) mass is 431 g/mol. The Balaban J connectivity index is 1.52. The van der Waals surface area contributed by atoms with Crippen molar-refractivity contribution in [3.63, 3.8) is 0 Å². The standard InChI is InChI=1S/C20H21N3O4S2/c24-20-15(12-19-21-17-3-1-2-4-18(17)28-19)14-11-13(5-6-16(14)22-20)29(25,26)23-7-9-27-10-8-23/h5-6,11-12H,1-4,7-10H2,(H,22,24). The van der Waals surface area contributed by atoms with Crippen molar-refractivity contribution in [1.82, 2.24) is 9.29 Å². The first-order valence-electron chi connectivity index (χ1n) is 9.76. The fourth-order valence-corrected chi connectivity index (χ4v) is 6.50. The Bertz CT molecular complexity index is 1090. The van der Waals surface area contributed by atoms with E-state index in [1.807, 2.05) is 0 Å². The van der Waals surface area contributed by atoms with Crippen molar-refractivity contribution >= 4 is 44.6 Å². The molecule has 0 radical (unpaired) electrons. The minimum absolute atomic E-state index is 0.194. The summed E-state index contributed by atoms with van der Waals surface area (Å²) in [5.74, 6) is -0.228. The summed E-state index contributed by atoms with van der Waals surface area (Å²) in [7, 11) is -3.63. The minimum Gasteiger partial charge on any atom is -0.379 e. The van der Waals surface area contributed by atoms with E-state index in [1.54, 1.807) is 35.6 Å². The Labute approximate surface area is 173 Å². The second-order valence-electron chi connectivity index (χ2n) is 7.37. The molecule has 1 aliphatic carbocycles. The predicted octanol–water partition coefficient (Wildman–Crippen LogP) is 2.54. The Kier molecular flexibility index (Phi) is 4.78. The molecule has 2 aliphatic heterocycles. The van der Waals surface area contributed by atoms with Gasteiger partial charge in [0, 0.05) is 29.2 Å². The third kappa shape index (κ3) is 3.42. The number of carbonyl (C=O) groups is 1. The minimum atomic E-state index is -3.63. The number of thiazole rings is 1. The normalized spacial score (nSPS) is 21.1. The van der Waals surface area contributed by atoms with Gasteiger partial charge < -0.3 is 10.1 Å². The quantitative estimate of drug-likeness (QED) is 0.755. The first-order valence-corrected chi connectivity index (χ1v) is 12.0. The summed E-state index contributed by atoms with van der Waals surface area (Å²) >= 11 is 1.62. The van der Waals surface area contributed by atoms with Crippen LogP contribution in [-0.4, -0.2) is 49.9 Å². The largest absolute Gasteiger partial charge is 0.379 e. The maximum atomic E-state index is 13.0. The number of fused-ring (bicyclic) bond motifs is 2. The van der Waals surface area contributed by atoms with Gasteiger partial charge in [0.2, 0.25) is 10.0 Å². The molecule has 5 rings (SSSR count). The highest BCUT2D eigenvalue weighted by Gasteiger charge is 2.30. The van der Waals surface area contributed by atoms with Crippen LogP contribution in [0.5, 0.6) is 0 Å². The fourth-order valence-electron chi connectivity index (χ4n) is 3.96. The van der Waals surface area contributed by atoms with Crippen LogP contribution in [0.2, 0.25) is 0 Å². The van der Waals surface area contributed by atoms with Crippen LogP contribution in [0.15, 0.2) is 23.1 Å². The smallest absolute Gasteiger partial charge is 0.256 e. The topological polar surface area (TPSA) is 88.6 Å². The lowest BCUT2D eigenvalue weighted by atomic mass is 10.0. The summed E-state index contributed by atoms with van der Waals surface area (Å²) in [6.07, 6.45) is 6.14. The van der Waals surface area contributed by atoms with E-state index in [2.05, 4.69) is 10.3 Å². The van der Waals surface area contributed by atoms with Crippen LogP contribution < -0.4 is 5.32 Å².